The Morgan fingerprint density at radius 2 is 1.22 bits per heavy atom. The third-order valence-electron chi connectivity index (χ3n) is 8.66. The molecule has 0 radical (unpaired) electrons. The number of benzene rings is 4. The van der Waals surface area contributed by atoms with E-state index in [1.165, 1.54) is 30.0 Å². The molecular weight excluding hydrogens is 591 g/mol. The lowest BCUT2D eigenvalue weighted by atomic mass is 10.0. The molecule has 6 nitrogen and oxygen atoms in total. The van der Waals surface area contributed by atoms with Crippen LogP contribution in [-0.2, 0) is 23.1 Å². The van der Waals surface area contributed by atoms with Crippen LogP contribution >= 0.6 is 0 Å². The molecule has 46 heavy (non-hydrogen) atoms. The van der Waals surface area contributed by atoms with Crippen LogP contribution in [0.3, 0.4) is 0 Å². The Hall–Kier alpha value is -4.59. The molecule has 1 aliphatic rings. The summed E-state index contributed by atoms with van der Waals surface area (Å²) in [5.74, 6) is -0.0154. The van der Waals surface area contributed by atoms with Crippen molar-refractivity contribution in [1.82, 2.24) is 14.6 Å². The lowest BCUT2D eigenvalue weighted by Crippen LogP contribution is -2.34. The molecule has 1 heterocycles. The van der Waals surface area contributed by atoms with Gasteiger partial charge in [0.25, 0.3) is 5.91 Å². The zero-order valence-electron chi connectivity index (χ0n) is 25.9. The molecule has 0 saturated heterocycles. The fraction of sp³-hybridized carbons (Fsp3) is 0.231. The summed E-state index contributed by atoms with van der Waals surface area (Å²) in [7, 11) is -3.82. The van der Waals surface area contributed by atoms with E-state index in [2.05, 4.69) is 10.3 Å². The van der Waals surface area contributed by atoms with Crippen LogP contribution in [0.4, 0.5) is 0 Å². The summed E-state index contributed by atoms with van der Waals surface area (Å²) in [5, 5.41) is 3.21. The lowest BCUT2D eigenvalue weighted by Gasteiger charge is -2.23. The highest BCUT2D eigenvalue weighted by Crippen LogP contribution is 2.27. The van der Waals surface area contributed by atoms with Gasteiger partial charge in [-0.05, 0) is 76.6 Å². The average molecular weight is 630 g/mol. The standard InChI is InChI=1S/C39H39N3O3S/c43-39(41-37-12-6-1-2-7-13-37)36-20-18-34(19-21-36)33-16-14-30(15-17-33)28-42(29-31-9-8-26-40-27-31)46(44,45)38-24-22-35(23-25-38)32-10-4-3-5-11-32/h3-5,8-11,14-27,37H,1-2,6-7,12-13,28-29H2,(H,41,43). The Kier molecular flexibility index (Phi) is 10.0. The minimum atomic E-state index is -3.82. The van der Waals surface area contributed by atoms with Gasteiger partial charge in [0.15, 0.2) is 0 Å². The number of sulfonamides is 1. The molecule has 234 valence electrons. The fourth-order valence-electron chi connectivity index (χ4n) is 6.03. The Balaban J connectivity index is 1.17. The number of carbonyl (C=O) groups excluding carboxylic acids is 1. The average Bonchev–Trinajstić information content (AvgIpc) is 3.38. The van der Waals surface area contributed by atoms with E-state index >= 15 is 0 Å². The maximum absolute atomic E-state index is 14.0. The quantitative estimate of drug-likeness (QED) is 0.158. The highest BCUT2D eigenvalue weighted by Gasteiger charge is 2.25. The van der Waals surface area contributed by atoms with Crippen molar-refractivity contribution in [3.8, 4) is 22.3 Å². The number of nitrogens with one attached hydrogen (secondary N) is 1. The van der Waals surface area contributed by atoms with Gasteiger partial charge in [0.2, 0.25) is 10.0 Å². The van der Waals surface area contributed by atoms with Crippen LogP contribution in [0.1, 0.15) is 60.0 Å². The second-order valence-electron chi connectivity index (χ2n) is 12.0. The highest BCUT2D eigenvalue weighted by molar-refractivity contribution is 7.89. The molecule has 7 heteroatoms. The molecule has 1 aromatic heterocycles. The molecule has 4 aromatic carbocycles. The first kappa shape index (κ1) is 31.4. The smallest absolute Gasteiger partial charge is 0.251 e. The van der Waals surface area contributed by atoms with Crippen LogP contribution in [0.2, 0.25) is 0 Å². The van der Waals surface area contributed by atoms with Crippen molar-refractivity contribution < 1.29 is 13.2 Å². The number of hydrogen-bond acceptors (Lipinski definition) is 4. The predicted molar refractivity (Wildman–Crippen MR) is 183 cm³/mol. The summed E-state index contributed by atoms with van der Waals surface area (Å²) in [6, 6.07) is 36.5. The monoisotopic (exact) mass is 629 g/mol. The van der Waals surface area contributed by atoms with Gasteiger partial charge in [0.1, 0.15) is 0 Å². The largest absolute Gasteiger partial charge is 0.349 e. The van der Waals surface area contributed by atoms with Gasteiger partial charge in [0.05, 0.1) is 4.90 Å². The Bertz CT molecular complexity index is 1820. The van der Waals surface area contributed by atoms with Crippen molar-refractivity contribution in [1.29, 1.82) is 0 Å². The van der Waals surface area contributed by atoms with Crippen LogP contribution in [0.15, 0.2) is 133 Å². The zero-order chi connectivity index (χ0) is 31.8. The van der Waals surface area contributed by atoms with E-state index in [1.54, 1.807) is 24.5 Å². The van der Waals surface area contributed by atoms with E-state index < -0.39 is 10.0 Å². The van der Waals surface area contributed by atoms with Gasteiger partial charge in [-0.15, -0.1) is 0 Å². The molecular formula is C39H39N3O3S. The Morgan fingerprint density at radius 3 is 1.83 bits per heavy atom. The van der Waals surface area contributed by atoms with Crippen molar-refractivity contribution in [3.63, 3.8) is 0 Å². The van der Waals surface area contributed by atoms with E-state index in [4.69, 9.17) is 0 Å². The summed E-state index contributed by atoms with van der Waals surface area (Å²) in [4.78, 5) is 17.3. The van der Waals surface area contributed by atoms with Crippen LogP contribution in [-0.4, -0.2) is 29.7 Å². The first-order valence-electron chi connectivity index (χ1n) is 16.0. The molecule has 0 bridgehead atoms. The first-order chi connectivity index (χ1) is 22.5. The van der Waals surface area contributed by atoms with E-state index in [0.29, 0.717) is 5.56 Å². The molecule has 1 N–H and O–H groups in total. The number of carbonyl (C=O) groups is 1. The van der Waals surface area contributed by atoms with E-state index in [-0.39, 0.29) is 29.9 Å². The molecule has 0 unspecified atom stereocenters. The fourth-order valence-corrected chi connectivity index (χ4v) is 7.45. The molecule has 1 aliphatic carbocycles. The minimum Gasteiger partial charge on any atom is -0.349 e. The lowest BCUT2D eigenvalue weighted by molar-refractivity contribution is 0.0933. The summed E-state index contributed by atoms with van der Waals surface area (Å²) >= 11 is 0. The molecule has 1 saturated carbocycles. The van der Waals surface area contributed by atoms with E-state index in [1.807, 2.05) is 103 Å². The first-order valence-corrected chi connectivity index (χ1v) is 17.4. The SMILES string of the molecule is O=C(NC1CCCCCC1)c1ccc(-c2ccc(CN(Cc3cccnc3)S(=O)(=O)c3ccc(-c4ccccc4)cc3)cc2)cc1. The number of amides is 1. The normalized spacial score (nSPS) is 14.1. The van der Waals surface area contributed by atoms with Crippen LogP contribution in [0.5, 0.6) is 0 Å². The topological polar surface area (TPSA) is 79.4 Å². The van der Waals surface area contributed by atoms with Crippen molar-refractivity contribution in [2.45, 2.75) is 62.6 Å². The second-order valence-corrected chi connectivity index (χ2v) is 13.9. The third-order valence-corrected chi connectivity index (χ3v) is 10.5. The minimum absolute atomic E-state index is 0.0154. The third kappa shape index (κ3) is 7.79. The molecule has 5 aromatic rings. The second kappa shape index (κ2) is 14.7. The maximum Gasteiger partial charge on any atom is 0.251 e. The number of nitrogens with zero attached hydrogens (tertiary/aromatic N) is 2. The zero-order valence-corrected chi connectivity index (χ0v) is 26.7. The number of aromatic nitrogens is 1. The van der Waals surface area contributed by atoms with Gasteiger partial charge in [-0.2, -0.15) is 4.31 Å². The van der Waals surface area contributed by atoms with Gasteiger partial charge in [0, 0.05) is 37.1 Å². The maximum atomic E-state index is 14.0. The Labute approximate surface area is 272 Å². The summed E-state index contributed by atoms with van der Waals surface area (Å²) in [6.07, 6.45) is 10.3. The molecule has 1 fully saturated rings. The molecule has 0 spiro atoms. The molecule has 0 aliphatic heterocycles. The number of pyridine rings is 1. The van der Waals surface area contributed by atoms with Crippen molar-refractivity contribution >= 4 is 15.9 Å². The van der Waals surface area contributed by atoms with Gasteiger partial charge < -0.3 is 5.32 Å². The molecule has 1 amide bonds. The summed E-state index contributed by atoms with van der Waals surface area (Å²) in [5.41, 5.74) is 6.34. The van der Waals surface area contributed by atoms with Gasteiger partial charge in [-0.1, -0.05) is 111 Å². The van der Waals surface area contributed by atoms with Gasteiger partial charge >= 0.3 is 0 Å². The van der Waals surface area contributed by atoms with Crippen molar-refractivity contribution in [2.24, 2.45) is 0 Å². The van der Waals surface area contributed by atoms with Crippen molar-refractivity contribution in [3.05, 3.63) is 144 Å². The summed E-state index contributed by atoms with van der Waals surface area (Å²) < 4.78 is 29.5. The number of hydrogen-bond donors (Lipinski definition) is 1. The molecule has 0 atom stereocenters. The number of rotatable bonds is 10. The van der Waals surface area contributed by atoms with Gasteiger partial charge in [-0.25, -0.2) is 8.42 Å². The highest BCUT2D eigenvalue weighted by atomic mass is 32.2. The Morgan fingerprint density at radius 1 is 0.652 bits per heavy atom. The molecule has 6 rings (SSSR count). The van der Waals surface area contributed by atoms with E-state index in [9.17, 15) is 13.2 Å². The van der Waals surface area contributed by atoms with Crippen LogP contribution in [0.25, 0.3) is 22.3 Å². The van der Waals surface area contributed by atoms with Crippen molar-refractivity contribution in [2.75, 3.05) is 0 Å². The van der Waals surface area contributed by atoms with Crippen LogP contribution < -0.4 is 5.32 Å². The van der Waals surface area contributed by atoms with Crippen LogP contribution in [0, 0.1) is 0 Å². The van der Waals surface area contributed by atoms with Gasteiger partial charge in [-0.3, -0.25) is 9.78 Å². The summed E-state index contributed by atoms with van der Waals surface area (Å²) in [6.45, 7) is 0.404. The van der Waals surface area contributed by atoms with E-state index in [0.717, 1.165) is 46.2 Å². The predicted octanol–water partition coefficient (Wildman–Crippen LogP) is 8.26.